The molecule has 0 bridgehead atoms. The highest BCUT2D eigenvalue weighted by molar-refractivity contribution is 5.35. The fourth-order valence-electron chi connectivity index (χ4n) is 2.98. The molecule has 1 saturated heterocycles. The first-order valence-electron chi connectivity index (χ1n) is 8.63. The van der Waals surface area contributed by atoms with E-state index in [-0.39, 0.29) is 17.8 Å². The molecule has 0 aromatic carbocycles. The van der Waals surface area contributed by atoms with Gasteiger partial charge in [-0.2, -0.15) is 22.7 Å². The highest BCUT2D eigenvalue weighted by atomic mass is 19.4. The van der Waals surface area contributed by atoms with Crippen LogP contribution < -0.4 is 4.74 Å². The summed E-state index contributed by atoms with van der Waals surface area (Å²) in [6.07, 6.45) is -1.21. The lowest BCUT2D eigenvalue weighted by atomic mass is 10.1. The number of aromatic nitrogens is 4. The van der Waals surface area contributed by atoms with E-state index >= 15 is 0 Å². The Balaban J connectivity index is 1.81. The lowest BCUT2D eigenvalue weighted by molar-refractivity contribution is -0.144. The molecule has 0 amide bonds. The third-order valence-electron chi connectivity index (χ3n) is 4.10. The summed E-state index contributed by atoms with van der Waals surface area (Å²) in [7, 11) is 1.93. The predicted molar refractivity (Wildman–Crippen MR) is 86.9 cm³/mol. The van der Waals surface area contributed by atoms with Gasteiger partial charge in [0.1, 0.15) is 0 Å². The van der Waals surface area contributed by atoms with Crippen molar-refractivity contribution in [2.45, 2.75) is 45.0 Å². The average molecular weight is 373 g/mol. The lowest BCUT2D eigenvalue weighted by Gasteiger charge is -2.27. The van der Waals surface area contributed by atoms with Gasteiger partial charge in [0.15, 0.2) is 0 Å². The molecule has 1 aliphatic heterocycles. The van der Waals surface area contributed by atoms with Crippen LogP contribution in [0.4, 0.5) is 13.2 Å². The number of halogens is 3. The van der Waals surface area contributed by atoms with Crippen molar-refractivity contribution in [1.82, 2.24) is 24.5 Å². The van der Waals surface area contributed by atoms with E-state index in [1.165, 1.54) is 0 Å². The highest BCUT2D eigenvalue weighted by Crippen LogP contribution is 2.27. The van der Waals surface area contributed by atoms with Crippen molar-refractivity contribution in [3.8, 4) is 5.88 Å². The van der Waals surface area contributed by atoms with Gasteiger partial charge in [-0.15, -0.1) is 5.10 Å². The Morgan fingerprint density at radius 2 is 2.15 bits per heavy atom. The molecule has 3 rings (SSSR count). The zero-order valence-corrected chi connectivity index (χ0v) is 14.8. The minimum atomic E-state index is -4.63. The maximum absolute atomic E-state index is 12.9. The minimum Gasteiger partial charge on any atom is -0.478 e. The maximum Gasteiger partial charge on any atom is 0.453 e. The van der Waals surface area contributed by atoms with Crippen LogP contribution in [0.5, 0.6) is 5.88 Å². The molecule has 0 N–H and O–H groups in total. The molecule has 0 spiro atoms. The summed E-state index contributed by atoms with van der Waals surface area (Å²) < 4.78 is 50.8. The topological polar surface area (TPSA) is 64.8 Å². The fraction of sp³-hybridized carbons (Fsp3) is 0.688. The summed E-state index contributed by atoms with van der Waals surface area (Å²) in [5.41, 5.74) is 0.570. The molecule has 1 atom stereocenters. The molecule has 0 aliphatic carbocycles. The van der Waals surface area contributed by atoms with Gasteiger partial charge in [-0.3, -0.25) is 4.90 Å². The van der Waals surface area contributed by atoms with Gasteiger partial charge in [0.05, 0.1) is 18.4 Å². The van der Waals surface area contributed by atoms with Crippen molar-refractivity contribution in [2.75, 3.05) is 26.8 Å². The quantitative estimate of drug-likeness (QED) is 0.775. The van der Waals surface area contributed by atoms with E-state index in [0.29, 0.717) is 18.8 Å². The van der Waals surface area contributed by atoms with Crippen LogP contribution in [0.25, 0.3) is 5.78 Å². The van der Waals surface area contributed by atoms with Crippen LogP contribution in [0.15, 0.2) is 6.07 Å². The molecular weight excluding hydrogens is 351 g/mol. The van der Waals surface area contributed by atoms with Gasteiger partial charge in [0, 0.05) is 25.8 Å². The standard InChI is InChI=1S/C16H22F3N5O2/c1-3-25-13-8-11(9-23(2)10-12-6-4-5-7-26-12)20-15-21-14(16(17,18)19)22-24(13)15/h8,12H,3-7,9-10H2,1-2H3/t12-/m0/s1. The van der Waals surface area contributed by atoms with Crippen molar-refractivity contribution < 1.29 is 22.6 Å². The molecule has 1 aliphatic rings. The van der Waals surface area contributed by atoms with E-state index in [2.05, 4.69) is 15.1 Å². The summed E-state index contributed by atoms with van der Waals surface area (Å²) in [6.45, 7) is 4.00. The third-order valence-corrected chi connectivity index (χ3v) is 4.10. The summed E-state index contributed by atoms with van der Waals surface area (Å²) in [5, 5.41) is 3.48. The number of rotatable bonds is 6. The van der Waals surface area contributed by atoms with Gasteiger partial charge >= 0.3 is 6.18 Å². The van der Waals surface area contributed by atoms with E-state index in [9.17, 15) is 13.2 Å². The number of hydrogen-bond donors (Lipinski definition) is 0. The number of nitrogens with zero attached hydrogens (tertiary/aromatic N) is 5. The van der Waals surface area contributed by atoms with Crippen LogP contribution in [0, 0.1) is 0 Å². The van der Waals surface area contributed by atoms with Gasteiger partial charge < -0.3 is 9.47 Å². The molecule has 0 saturated carbocycles. The monoisotopic (exact) mass is 373 g/mol. The van der Waals surface area contributed by atoms with Gasteiger partial charge in [0.2, 0.25) is 5.88 Å². The molecule has 1 fully saturated rings. The largest absolute Gasteiger partial charge is 0.478 e. The zero-order chi connectivity index (χ0) is 18.7. The number of fused-ring (bicyclic) bond motifs is 1. The van der Waals surface area contributed by atoms with E-state index < -0.39 is 12.0 Å². The Kier molecular flexibility index (Phi) is 5.61. The Labute approximate surface area is 149 Å². The number of likely N-dealkylation sites (N-methyl/N-ethyl adjacent to an activating group) is 1. The van der Waals surface area contributed by atoms with E-state index in [1.54, 1.807) is 13.0 Å². The van der Waals surface area contributed by atoms with Gasteiger partial charge in [-0.25, -0.2) is 4.98 Å². The molecule has 26 heavy (non-hydrogen) atoms. The lowest BCUT2D eigenvalue weighted by Crippen LogP contribution is -2.33. The summed E-state index contributed by atoms with van der Waals surface area (Å²) in [4.78, 5) is 9.75. The average Bonchev–Trinajstić information content (AvgIpc) is 3.00. The second-order valence-electron chi connectivity index (χ2n) is 6.35. The Hall–Kier alpha value is -1.94. The second kappa shape index (κ2) is 7.75. The molecule has 0 unspecified atom stereocenters. The van der Waals surface area contributed by atoms with Crippen LogP contribution >= 0.6 is 0 Å². The number of hydrogen-bond acceptors (Lipinski definition) is 6. The Morgan fingerprint density at radius 3 is 2.81 bits per heavy atom. The molecule has 3 heterocycles. The number of alkyl halides is 3. The first-order chi connectivity index (χ1) is 12.4. The summed E-state index contributed by atoms with van der Waals surface area (Å²) >= 11 is 0. The molecular formula is C16H22F3N5O2. The van der Waals surface area contributed by atoms with Crippen molar-refractivity contribution >= 4 is 5.78 Å². The van der Waals surface area contributed by atoms with Crippen molar-refractivity contribution in [1.29, 1.82) is 0 Å². The summed E-state index contributed by atoms with van der Waals surface area (Å²) in [5.74, 6) is -1.16. The molecule has 2 aromatic rings. The molecule has 2 aromatic heterocycles. The number of ether oxygens (including phenoxy) is 2. The minimum absolute atomic E-state index is 0.124. The fourth-order valence-corrected chi connectivity index (χ4v) is 2.98. The van der Waals surface area contributed by atoms with Crippen LogP contribution in [0.2, 0.25) is 0 Å². The predicted octanol–water partition coefficient (Wildman–Crippen LogP) is 2.54. The maximum atomic E-state index is 12.9. The highest BCUT2D eigenvalue weighted by Gasteiger charge is 2.37. The van der Waals surface area contributed by atoms with E-state index in [0.717, 1.165) is 36.9 Å². The normalized spacial score (nSPS) is 18.6. The Morgan fingerprint density at radius 1 is 1.35 bits per heavy atom. The second-order valence-corrected chi connectivity index (χ2v) is 6.35. The van der Waals surface area contributed by atoms with Gasteiger partial charge in [-0.05, 0) is 33.2 Å². The first kappa shape index (κ1) is 18.8. The zero-order valence-electron chi connectivity index (χ0n) is 14.8. The van der Waals surface area contributed by atoms with Crippen molar-refractivity contribution in [2.24, 2.45) is 0 Å². The van der Waals surface area contributed by atoms with Gasteiger partial charge in [0.25, 0.3) is 11.6 Å². The van der Waals surface area contributed by atoms with Crippen LogP contribution in [-0.4, -0.2) is 57.4 Å². The molecule has 144 valence electrons. The van der Waals surface area contributed by atoms with Crippen LogP contribution in [-0.2, 0) is 17.5 Å². The van der Waals surface area contributed by atoms with Crippen LogP contribution in [0.3, 0.4) is 0 Å². The van der Waals surface area contributed by atoms with Gasteiger partial charge in [-0.1, -0.05) is 0 Å². The van der Waals surface area contributed by atoms with Crippen molar-refractivity contribution in [3.63, 3.8) is 0 Å². The van der Waals surface area contributed by atoms with Crippen molar-refractivity contribution in [3.05, 3.63) is 17.6 Å². The third kappa shape index (κ3) is 4.42. The molecule has 10 heteroatoms. The molecule has 0 radical (unpaired) electrons. The SMILES string of the molecule is CCOc1cc(CN(C)C[C@@H]2CCCCO2)nc2nc(C(F)(F)F)nn12. The summed E-state index contributed by atoms with van der Waals surface area (Å²) in [6, 6.07) is 1.60. The first-order valence-corrected chi connectivity index (χ1v) is 8.63. The van der Waals surface area contributed by atoms with E-state index in [4.69, 9.17) is 9.47 Å². The smallest absolute Gasteiger partial charge is 0.453 e. The van der Waals surface area contributed by atoms with Crippen LogP contribution in [0.1, 0.15) is 37.7 Å². The van der Waals surface area contributed by atoms with E-state index in [1.807, 2.05) is 11.9 Å². The Bertz CT molecular complexity index is 743. The molecule has 7 nitrogen and oxygen atoms in total.